The largest absolute Gasteiger partial charge is 0.323 e. The molecule has 0 radical (unpaired) electrons. The molecule has 0 spiro atoms. The minimum atomic E-state index is -3.20. The molecule has 0 bridgehead atoms. The van der Waals surface area contributed by atoms with E-state index in [2.05, 4.69) is 14.7 Å². The van der Waals surface area contributed by atoms with E-state index >= 15 is 0 Å². The Morgan fingerprint density at radius 2 is 1.94 bits per heavy atom. The summed E-state index contributed by atoms with van der Waals surface area (Å²) in [6.45, 7) is 0.210. The van der Waals surface area contributed by atoms with Crippen molar-refractivity contribution in [3.8, 4) is 0 Å². The third kappa shape index (κ3) is 2.50. The predicted octanol–water partition coefficient (Wildman–Crippen LogP) is -0.0946. The van der Waals surface area contributed by atoms with Gasteiger partial charge in [0.25, 0.3) is 0 Å². The van der Waals surface area contributed by atoms with Gasteiger partial charge in [-0.2, -0.15) is 0 Å². The molecule has 1 aromatic carbocycles. The van der Waals surface area contributed by atoms with Gasteiger partial charge in [-0.3, -0.25) is 0 Å². The molecule has 16 heavy (non-hydrogen) atoms. The second-order valence-electron chi connectivity index (χ2n) is 3.55. The minimum absolute atomic E-state index is 0.210. The lowest BCUT2D eigenvalue weighted by molar-refractivity contribution is 0.587. The van der Waals surface area contributed by atoms with Gasteiger partial charge in [0.1, 0.15) is 0 Å². The Bertz CT molecular complexity index is 669. The molecule has 1 aromatic heterocycles. The SMILES string of the molecule is CS(=O)(=O)NCc1ccc2[nH]c(=O)[nH]c2c1. The van der Waals surface area contributed by atoms with Gasteiger partial charge in [-0.15, -0.1) is 0 Å². The van der Waals surface area contributed by atoms with Gasteiger partial charge in [-0.1, -0.05) is 6.07 Å². The zero-order valence-corrected chi connectivity index (χ0v) is 9.39. The molecule has 0 amide bonds. The standard InChI is InChI=1S/C9H11N3O3S/c1-16(14,15)10-5-6-2-3-7-8(4-6)12-9(13)11-7/h2-4,10H,5H2,1H3,(H2,11,12,13). The molecule has 0 saturated heterocycles. The minimum Gasteiger partial charge on any atom is -0.306 e. The van der Waals surface area contributed by atoms with E-state index in [1.165, 1.54) is 0 Å². The number of rotatable bonds is 3. The summed E-state index contributed by atoms with van der Waals surface area (Å²) in [7, 11) is -3.20. The number of sulfonamides is 1. The van der Waals surface area contributed by atoms with Crippen LogP contribution in [0.2, 0.25) is 0 Å². The number of imidazole rings is 1. The van der Waals surface area contributed by atoms with Crippen LogP contribution in [0.1, 0.15) is 5.56 Å². The van der Waals surface area contributed by atoms with E-state index in [4.69, 9.17) is 0 Å². The lowest BCUT2D eigenvalue weighted by atomic mass is 10.2. The molecular weight excluding hydrogens is 230 g/mol. The van der Waals surface area contributed by atoms with Crippen molar-refractivity contribution in [2.45, 2.75) is 6.54 Å². The number of benzene rings is 1. The van der Waals surface area contributed by atoms with E-state index in [9.17, 15) is 13.2 Å². The first-order chi connectivity index (χ1) is 7.44. The highest BCUT2D eigenvalue weighted by Crippen LogP contribution is 2.09. The molecule has 2 rings (SSSR count). The van der Waals surface area contributed by atoms with Gasteiger partial charge in [0.15, 0.2) is 0 Å². The third-order valence-corrected chi connectivity index (χ3v) is 2.79. The molecule has 6 nitrogen and oxygen atoms in total. The van der Waals surface area contributed by atoms with Crippen LogP contribution in [0.15, 0.2) is 23.0 Å². The molecule has 3 N–H and O–H groups in total. The molecule has 0 aliphatic carbocycles. The molecule has 0 unspecified atom stereocenters. The summed E-state index contributed by atoms with van der Waals surface area (Å²) in [5.74, 6) is 0. The summed E-state index contributed by atoms with van der Waals surface area (Å²) in [6, 6.07) is 5.21. The van der Waals surface area contributed by atoms with Crippen LogP contribution >= 0.6 is 0 Å². The number of hydrogen-bond acceptors (Lipinski definition) is 3. The topological polar surface area (TPSA) is 94.8 Å². The highest BCUT2D eigenvalue weighted by molar-refractivity contribution is 7.88. The van der Waals surface area contributed by atoms with Gasteiger partial charge in [-0.25, -0.2) is 17.9 Å². The molecular formula is C9H11N3O3S. The highest BCUT2D eigenvalue weighted by Gasteiger charge is 2.03. The second-order valence-corrected chi connectivity index (χ2v) is 5.39. The summed E-state index contributed by atoms with van der Waals surface area (Å²) < 4.78 is 24.2. The van der Waals surface area contributed by atoms with E-state index in [-0.39, 0.29) is 12.2 Å². The lowest BCUT2D eigenvalue weighted by Gasteiger charge is -2.02. The Kier molecular flexibility index (Phi) is 2.56. The van der Waals surface area contributed by atoms with Crippen molar-refractivity contribution in [2.24, 2.45) is 0 Å². The van der Waals surface area contributed by atoms with E-state index in [0.717, 1.165) is 11.8 Å². The average Bonchev–Trinajstić information content (AvgIpc) is 2.52. The zero-order chi connectivity index (χ0) is 11.8. The number of aromatic amines is 2. The number of aromatic nitrogens is 2. The molecule has 0 aliphatic heterocycles. The molecule has 2 aromatic rings. The first kappa shape index (κ1) is 10.9. The van der Waals surface area contributed by atoms with Crippen molar-refractivity contribution in [1.82, 2.24) is 14.7 Å². The summed E-state index contributed by atoms with van der Waals surface area (Å²) in [5, 5.41) is 0. The van der Waals surface area contributed by atoms with Gasteiger partial charge >= 0.3 is 5.69 Å². The van der Waals surface area contributed by atoms with Crippen LogP contribution in [-0.4, -0.2) is 24.6 Å². The van der Waals surface area contributed by atoms with Gasteiger partial charge < -0.3 is 9.97 Å². The summed E-state index contributed by atoms with van der Waals surface area (Å²) in [6.07, 6.45) is 1.10. The third-order valence-electron chi connectivity index (χ3n) is 2.12. The lowest BCUT2D eigenvalue weighted by Crippen LogP contribution is -2.21. The molecule has 0 saturated carbocycles. The van der Waals surface area contributed by atoms with Gasteiger partial charge in [0, 0.05) is 6.54 Å². The summed E-state index contributed by atoms with van der Waals surface area (Å²) in [5.41, 5.74) is 1.88. The molecule has 0 atom stereocenters. The van der Waals surface area contributed by atoms with Gasteiger partial charge in [0.2, 0.25) is 10.0 Å². The predicted molar refractivity (Wildman–Crippen MR) is 60.6 cm³/mol. The maximum absolute atomic E-state index is 11.0. The fourth-order valence-corrected chi connectivity index (χ4v) is 1.83. The summed E-state index contributed by atoms with van der Waals surface area (Å²) >= 11 is 0. The van der Waals surface area contributed by atoms with Gasteiger partial charge in [-0.05, 0) is 17.7 Å². The van der Waals surface area contributed by atoms with Crippen molar-refractivity contribution in [3.05, 3.63) is 34.2 Å². The van der Waals surface area contributed by atoms with E-state index in [1.54, 1.807) is 18.2 Å². The van der Waals surface area contributed by atoms with Gasteiger partial charge in [0.05, 0.1) is 17.3 Å². The Hall–Kier alpha value is -1.60. The number of H-pyrrole nitrogens is 2. The monoisotopic (exact) mass is 241 g/mol. The first-order valence-electron chi connectivity index (χ1n) is 4.59. The Morgan fingerprint density at radius 1 is 1.25 bits per heavy atom. The molecule has 86 valence electrons. The van der Waals surface area contributed by atoms with Crippen molar-refractivity contribution in [2.75, 3.05) is 6.26 Å². The van der Waals surface area contributed by atoms with Crippen LogP contribution in [-0.2, 0) is 16.6 Å². The van der Waals surface area contributed by atoms with Crippen LogP contribution < -0.4 is 10.4 Å². The number of fused-ring (bicyclic) bond motifs is 1. The highest BCUT2D eigenvalue weighted by atomic mass is 32.2. The first-order valence-corrected chi connectivity index (χ1v) is 6.49. The fourth-order valence-electron chi connectivity index (χ4n) is 1.40. The van der Waals surface area contributed by atoms with Crippen LogP contribution in [0.4, 0.5) is 0 Å². The second kappa shape index (κ2) is 3.76. The quantitative estimate of drug-likeness (QED) is 0.700. The molecule has 7 heteroatoms. The number of hydrogen-bond donors (Lipinski definition) is 3. The Morgan fingerprint density at radius 3 is 2.62 bits per heavy atom. The zero-order valence-electron chi connectivity index (χ0n) is 8.57. The van der Waals surface area contributed by atoms with E-state index in [1.807, 2.05) is 0 Å². The van der Waals surface area contributed by atoms with Crippen LogP contribution in [0.5, 0.6) is 0 Å². The fraction of sp³-hybridized carbons (Fsp3) is 0.222. The van der Waals surface area contributed by atoms with Crippen LogP contribution in [0.3, 0.4) is 0 Å². The molecule has 0 aliphatic rings. The normalized spacial score (nSPS) is 12.1. The van der Waals surface area contributed by atoms with Crippen molar-refractivity contribution < 1.29 is 8.42 Å². The Labute approximate surface area is 91.7 Å². The summed E-state index contributed by atoms with van der Waals surface area (Å²) in [4.78, 5) is 16.2. The number of nitrogens with one attached hydrogen (secondary N) is 3. The smallest absolute Gasteiger partial charge is 0.306 e. The van der Waals surface area contributed by atoms with Crippen molar-refractivity contribution >= 4 is 21.1 Å². The molecule has 0 fully saturated rings. The van der Waals surface area contributed by atoms with E-state index < -0.39 is 10.0 Å². The average molecular weight is 241 g/mol. The van der Waals surface area contributed by atoms with Crippen molar-refractivity contribution in [3.63, 3.8) is 0 Å². The maximum Gasteiger partial charge on any atom is 0.323 e. The van der Waals surface area contributed by atoms with Crippen LogP contribution in [0, 0.1) is 0 Å². The van der Waals surface area contributed by atoms with Crippen molar-refractivity contribution in [1.29, 1.82) is 0 Å². The van der Waals surface area contributed by atoms with E-state index in [0.29, 0.717) is 11.0 Å². The van der Waals surface area contributed by atoms with Crippen LogP contribution in [0.25, 0.3) is 11.0 Å². The molecule has 1 heterocycles. The maximum atomic E-state index is 11.0. The Balaban J connectivity index is 2.29.